The Morgan fingerprint density at radius 1 is 1.42 bits per heavy atom. The number of halogens is 1. The van der Waals surface area contributed by atoms with E-state index in [4.69, 9.17) is 0 Å². The van der Waals surface area contributed by atoms with Gasteiger partial charge >= 0.3 is 0 Å². The molecular formula is C15H22BrNO2. The van der Waals surface area contributed by atoms with Crippen molar-refractivity contribution < 1.29 is 10.2 Å². The minimum Gasteiger partial charge on any atom is -0.392 e. The Kier molecular flexibility index (Phi) is 5.39. The van der Waals surface area contributed by atoms with E-state index in [2.05, 4.69) is 27.8 Å². The highest BCUT2D eigenvalue weighted by Crippen LogP contribution is 2.26. The molecule has 3 atom stereocenters. The summed E-state index contributed by atoms with van der Waals surface area (Å²) in [6.07, 6.45) is 1.05. The average molecular weight is 328 g/mol. The molecule has 1 aromatic rings. The maximum Gasteiger partial charge on any atom is 0.0813 e. The third kappa shape index (κ3) is 4.02. The molecule has 0 aromatic heterocycles. The van der Waals surface area contributed by atoms with Gasteiger partial charge in [0, 0.05) is 17.6 Å². The first kappa shape index (κ1) is 15.0. The van der Waals surface area contributed by atoms with Crippen LogP contribution in [0.15, 0.2) is 28.7 Å². The quantitative estimate of drug-likeness (QED) is 0.893. The fourth-order valence-electron chi connectivity index (χ4n) is 2.52. The van der Waals surface area contributed by atoms with Crippen LogP contribution in [0.4, 0.5) is 0 Å². The van der Waals surface area contributed by atoms with Gasteiger partial charge in [-0.1, -0.05) is 41.1 Å². The van der Waals surface area contributed by atoms with E-state index in [-0.39, 0.29) is 6.10 Å². The standard InChI is InChI=1S/C15H22BrNO2/c1-11-6-8-17(10-15(11)19)9-7-14(18)12-4-2-3-5-13(12)16/h2-5,11,14-15,18-19H,6-10H2,1H3. The van der Waals surface area contributed by atoms with Crippen molar-refractivity contribution in [2.75, 3.05) is 19.6 Å². The summed E-state index contributed by atoms with van der Waals surface area (Å²) in [5, 5.41) is 20.1. The number of hydrogen-bond acceptors (Lipinski definition) is 3. The molecule has 1 aromatic carbocycles. The van der Waals surface area contributed by atoms with Gasteiger partial charge in [0.25, 0.3) is 0 Å². The summed E-state index contributed by atoms with van der Waals surface area (Å²) in [6.45, 7) is 4.66. The summed E-state index contributed by atoms with van der Waals surface area (Å²) >= 11 is 3.47. The molecule has 19 heavy (non-hydrogen) atoms. The van der Waals surface area contributed by atoms with E-state index in [0.717, 1.165) is 36.1 Å². The normalized spacial score (nSPS) is 26.3. The second-order valence-electron chi connectivity index (χ2n) is 5.46. The summed E-state index contributed by atoms with van der Waals surface area (Å²) in [5.41, 5.74) is 0.938. The van der Waals surface area contributed by atoms with E-state index in [0.29, 0.717) is 12.3 Å². The van der Waals surface area contributed by atoms with Gasteiger partial charge in [0.15, 0.2) is 0 Å². The Hall–Kier alpha value is -0.420. The molecule has 0 spiro atoms. The van der Waals surface area contributed by atoms with E-state index in [9.17, 15) is 10.2 Å². The number of hydrogen-bond donors (Lipinski definition) is 2. The van der Waals surface area contributed by atoms with Crippen molar-refractivity contribution in [2.45, 2.75) is 32.0 Å². The van der Waals surface area contributed by atoms with Gasteiger partial charge in [0.05, 0.1) is 12.2 Å². The molecule has 1 fully saturated rings. The van der Waals surface area contributed by atoms with E-state index < -0.39 is 6.10 Å². The van der Waals surface area contributed by atoms with Crippen LogP contribution >= 0.6 is 15.9 Å². The summed E-state index contributed by atoms with van der Waals surface area (Å²) in [4.78, 5) is 2.24. The average Bonchev–Trinajstić information content (AvgIpc) is 2.40. The number of nitrogens with zero attached hydrogens (tertiary/aromatic N) is 1. The maximum atomic E-state index is 10.2. The van der Waals surface area contributed by atoms with Gasteiger partial charge in [0.1, 0.15) is 0 Å². The number of β-amino-alcohol motifs (C(OH)–C–C–N with tert-alkyl or cyclic N) is 1. The van der Waals surface area contributed by atoms with Gasteiger partial charge in [0.2, 0.25) is 0 Å². The number of benzene rings is 1. The van der Waals surface area contributed by atoms with Gasteiger partial charge in [-0.3, -0.25) is 0 Å². The molecule has 1 aliphatic rings. The lowest BCUT2D eigenvalue weighted by molar-refractivity contribution is 0.0226. The van der Waals surface area contributed by atoms with Crippen molar-refractivity contribution in [3.8, 4) is 0 Å². The van der Waals surface area contributed by atoms with Crippen LogP contribution in [0.2, 0.25) is 0 Å². The Morgan fingerprint density at radius 3 is 2.84 bits per heavy atom. The van der Waals surface area contributed by atoms with Gasteiger partial charge in [-0.2, -0.15) is 0 Å². The molecule has 1 saturated heterocycles. The van der Waals surface area contributed by atoms with Crippen LogP contribution in [0.25, 0.3) is 0 Å². The predicted octanol–water partition coefficient (Wildman–Crippen LogP) is 2.58. The van der Waals surface area contributed by atoms with Crippen LogP contribution < -0.4 is 0 Å². The zero-order chi connectivity index (χ0) is 13.8. The highest BCUT2D eigenvalue weighted by molar-refractivity contribution is 9.10. The van der Waals surface area contributed by atoms with Crippen LogP contribution in [-0.2, 0) is 0 Å². The first-order valence-corrected chi connectivity index (χ1v) is 7.70. The smallest absolute Gasteiger partial charge is 0.0813 e. The predicted molar refractivity (Wildman–Crippen MR) is 79.9 cm³/mol. The lowest BCUT2D eigenvalue weighted by Gasteiger charge is -2.34. The van der Waals surface area contributed by atoms with Gasteiger partial charge in [-0.05, 0) is 36.9 Å². The van der Waals surface area contributed by atoms with Crippen molar-refractivity contribution in [3.05, 3.63) is 34.3 Å². The van der Waals surface area contributed by atoms with E-state index >= 15 is 0 Å². The summed E-state index contributed by atoms with van der Waals surface area (Å²) < 4.78 is 0.954. The van der Waals surface area contributed by atoms with Crippen molar-refractivity contribution in [2.24, 2.45) is 5.92 Å². The summed E-state index contributed by atoms with van der Waals surface area (Å²) in [6, 6.07) is 7.78. The van der Waals surface area contributed by atoms with Gasteiger partial charge in [-0.25, -0.2) is 0 Å². The van der Waals surface area contributed by atoms with Crippen LogP contribution in [0.3, 0.4) is 0 Å². The fraction of sp³-hybridized carbons (Fsp3) is 0.600. The molecule has 2 N–H and O–H groups in total. The molecule has 1 heterocycles. The van der Waals surface area contributed by atoms with Crippen molar-refractivity contribution >= 4 is 15.9 Å². The number of rotatable bonds is 4. The number of piperidine rings is 1. The first-order chi connectivity index (χ1) is 9.08. The van der Waals surface area contributed by atoms with Crippen LogP contribution in [0, 0.1) is 5.92 Å². The number of aliphatic hydroxyl groups excluding tert-OH is 2. The summed E-state index contributed by atoms with van der Waals surface area (Å²) in [7, 11) is 0. The Balaban J connectivity index is 1.84. The largest absolute Gasteiger partial charge is 0.392 e. The minimum absolute atomic E-state index is 0.227. The second-order valence-corrected chi connectivity index (χ2v) is 6.31. The molecule has 3 nitrogen and oxygen atoms in total. The minimum atomic E-state index is -0.452. The van der Waals surface area contributed by atoms with E-state index in [1.807, 2.05) is 24.3 Å². The lowest BCUT2D eigenvalue weighted by atomic mass is 9.95. The van der Waals surface area contributed by atoms with Crippen molar-refractivity contribution in [1.82, 2.24) is 4.90 Å². The lowest BCUT2D eigenvalue weighted by Crippen LogP contribution is -2.43. The molecular weight excluding hydrogens is 306 g/mol. The molecule has 0 bridgehead atoms. The third-order valence-corrected chi connectivity index (χ3v) is 4.71. The Labute approximate surface area is 123 Å². The van der Waals surface area contributed by atoms with Crippen molar-refractivity contribution in [1.29, 1.82) is 0 Å². The molecule has 2 rings (SSSR count). The summed E-state index contributed by atoms with van der Waals surface area (Å²) in [5.74, 6) is 0.393. The molecule has 4 heteroatoms. The molecule has 3 unspecified atom stereocenters. The molecule has 106 valence electrons. The monoisotopic (exact) mass is 327 g/mol. The number of aliphatic hydroxyl groups is 2. The topological polar surface area (TPSA) is 43.7 Å². The molecule has 0 saturated carbocycles. The Morgan fingerprint density at radius 2 is 2.16 bits per heavy atom. The first-order valence-electron chi connectivity index (χ1n) is 6.91. The van der Waals surface area contributed by atoms with E-state index in [1.54, 1.807) is 0 Å². The molecule has 0 aliphatic carbocycles. The van der Waals surface area contributed by atoms with Gasteiger partial charge < -0.3 is 15.1 Å². The maximum absolute atomic E-state index is 10.2. The van der Waals surface area contributed by atoms with Gasteiger partial charge in [-0.15, -0.1) is 0 Å². The fourth-order valence-corrected chi connectivity index (χ4v) is 3.07. The van der Waals surface area contributed by atoms with Crippen LogP contribution in [0.1, 0.15) is 31.4 Å². The molecule has 1 aliphatic heterocycles. The number of likely N-dealkylation sites (tertiary alicyclic amines) is 1. The zero-order valence-electron chi connectivity index (χ0n) is 11.3. The third-order valence-electron chi connectivity index (χ3n) is 3.99. The van der Waals surface area contributed by atoms with E-state index in [1.165, 1.54) is 0 Å². The molecule has 0 amide bonds. The SMILES string of the molecule is CC1CCN(CCC(O)c2ccccc2Br)CC1O. The van der Waals surface area contributed by atoms with Crippen LogP contribution in [0.5, 0.6) is 0 Å². The molecule has 0 radical (unpaired) electrons. The second kappa shape index (κ2) is 6.84. The Bertz CT molecular complexity index is 413. The highest BCUT2D eigenvalue weighted by Gasteiger charge is 2.24. The highest BCUT2D eigenvalue weighted by atomic mass is 79.9. The van der Waals surface area contributed by atoms with Crippen molar-refractivity contribution in [3.63, 3.8) is 0 Å². The zero-order valence-corrected chi connectivity index (χ0v) is 12.9. The van der Waals surface area contributed by atoms with Crippen LogP contribution in [-0.4, -0.2) is 40.9 Å².